The maximum Gasteiger partial charge on any atom is 0.342 e. The minimum absolute atomic E-state index is 0.102. The van der Waals surface area contributed by atoms with E-state index in [2.05, 4.69) is 11.4 Å². The second-order valence-electron chi connectivity index (χ2n) is 6.91. The molecule has 0 aliphatic heterocycles. The van der Waals surface area contributed by atoms with Crippen LogP contribution in [0.3, 0.4) is 0 Å². The van der Waals surface area contributed by atoms with Gasteiger partial charge in [0.15, 0.2) is 6.10 Å². The third-order valence-electron chi connectivity index (χ3n) is 4.71. The van der Waals surface area contributed by atoms with Crippen LogP contribution in [-0.2, 0) is 9.53 Å². The Morgan fingerprint density at radius 1 is 1.15 bits per heavy atom. The molecule has 142 valence electrons. The largest absolute Gasteiger partial charge is 0.496 e. The number of benzene rings is 2. The van der Waals surface area contributed by atoms with E-state index in [0.717, 1.165) is 10.8 Å². The first-order valence-electron chi connectivity index (χ1n) is 8.73. The summed E-state index contributed by atoms with van der Waals surface area (Å²) in [5, 5.41) is 13.8. The summed E-state index contributed by atoms with van der Waals surface area (Å²) in [5.41, 5.74) is -0.805. The monoisotopic (exact) mass is 368 g/mol. The molecule has 2 rings (SSSR count). The van der Waals surface area contributed by atoms with Crippen molar-refractivity contribution in [2.75, 3.05) is 7.11 Å². The van der Waals surface area contributed by atoms with Crippen LogP contribution in [0.15, 0.2) is 36.4 Å². The van der Waals surface area contributed by atoms with Crippen LogP contribution in [0.4, 0.5) is 0 Å². The van der Waals surface area contributed by atoms with Gasteiger partial charge in [0.25, 0.3) is 5.91 Å². The van der Waals surface area contributed by atoms with Gasteiger partial charge in [-0.1, -0.05) is 38.1 Å². The van der Waals surface area contributed by atoms with Crippen LogP contribution in [0, 0.1) is 17.2 Å². The van der Waals surface area contributed by atoms with Crippen molar-refractivity contribution >= 4 is 22.6 Å². The number of nitrogens with zero attached hydrogens (tertiary/aromatic N) is 1. The first-order valence-corrected chi connectivity index (χ1v) is 8.73. The molecular formula is C21H24N2O4. The summed E-state index contributed by atoms with van der Waals surface area (Å²) in [6, 6.07) is 13.1. The molecule has 0 spiro atoms. The van der Waals surface area contributed by atoms with Crippen LogP contribution in [-0.4, -0.2) is 30.6 Å². The number of rotatable bonds is 6. The minimum Gasteiger partial charge on any atom is -0.496 e. The lowest BCUT2D eigenvalue weighted by atomic mass is 9.90. The number of methoxy groups -OCH3 is 1. The Morgan fingerprint density at radius 3 is 2.26 bits per heavy atom. The quantitative estimate of drug-likeness (QED) is 0.789. The number of amides is 1. The zero-order valence-corrected chi connectivity index (χ0v) is 16.2. The number of carbonyl (C=O) groups is 2. The molecule has 2 atom stereocenters. The molecule has 0 aromatic heterocycles. The molecule has 1 amide bonds. The standard InChI is InChI=1S/C21H24N2O4/c1-13(2)21(4,12-22)23-19(24)14(3)27-20(25)17-10-15-8-6-7-9-16(15)11-18(17)26-5/h6-11,13-14H,1-5H3,(H,23,24)/t14-,21+/m1/s1. The highest BCUT2D eigenvalue weighted by atomic mass is 16.5. The van der Waals surface area contributed by atoms with Crippen molar-refractivity contribution in [1.82, 2.24) is 5.32 Å². The molecule has 0 saturated heterocycles. The van der Waals surface area contributed by atoms with Crippen molar-refractivity contribution in [3.05, 3.63) is 42.0 Å². The van der Waals surface area contributed by atoms with Crippen molar-refractivity contribution in [2.45, 2.75) is 39.3 Å². The number of esters is 1. The van der Waals surface area contributed by atoms with E-state index in [1.165, 1.54) is 14.0 Å². The number of ether oxygens (including phenoxy) is 2. The summed E-state index contributed by atoms with van der Waals surface area (Å²) < 4.78 is 10.6. The van der Waals surface area contributed by atoms with E-state index in [4.69, 9.17) is 9.47 Å². The average Bonchev–Trinajstić information content (AvgIpc) is 2.66. The average molecular weight is 368 g/mol. The number of nitriles is 1. The van der Waals surface area contributed by atoms with Gasteiger partial charge in [0, 0.05) is 0 Å². The van der Waals surface area contributed by atoms with Gasteiger partial charge in [-0.05, 0) is 42.7 Å². The number of hydrogen-bond donors (Lipinski definition) is 1. The molecule has 0 saturated carbocycles. The van der Waals surface area contributed by atoms with Crippen molar-refractivity contribution in [2.24, 2.45) is 5.92 Å². The van der Waals surface area contributed by atoms with Crippen LogP contribution in [0.25, 0.3) is 10.8 Å². The lowest BCUT2D eigenvalue weighted by molar-refractivity contribution is -0.130. The minimum atomic E-state index is -1.06. The fourth-order valence-corrected chi connectivity index (χ4v) is 2.48. The van der Waals surface area contributed by atoms with Gasteiger partial charge in [-0.15, -0.1) is 0 Å². The lowest BCUT2D eigenvalue weighted by Gasteiger charge is -2.28. The molecule has 0 radical (unpaired) electrons. The molecule has 2 aromatic rings. The molecule has 2 aromatic carbocycles. The zero-order valence-electron chi connectivity index (χ0n) is 16.2. The molecule has 0 aliphatic rings. The van der Waals surface area contributed by atoms with Gasteiger partial charge in [0.2, 0.25) is 0 Å². The number of fused-ring (bicyclic) bond motifs is 1. The van der Waals surface area contributed by atoms with Gasteiger partial charge in [-0.25, -0.2) is 4.79 Å². The van der Waals surface area contributed by atoms with E-state index < -0.39 is 23.5 Å². The molecular weight excluding hydrogens is 344 g/mol. The van der Waals surface area contributed by atoms with E-state index in [-0.39, 0.29) is 11.5 Å². The van der Waals surface area contributed by atoms with Gasteiger partial charge in [-0.3, -0.25) is 4.79 Å². The maximum atomic E-state index is 12.6. The molecule has 6 heteroatoms. The van der Waals surface area contributed by atoms with Crippen molar-refractivity contribution in [3.63, 3.8) is 0 Å². The van der Waals surface area contributed by atoms with Gasteiger partial charge < -0.3 is 14.8 Å². The molecule has 27 heavy (non-hydrogen) atoms. The Kier molecular flexibility index (Phi) is 6.06. The second kappa shape index (κ2) is 8.09. The highest BCUT2D eigenvalue weighted by molar-refractivity contribution is 5.99. The molecule has 1 N–H and O–H groups in total. The Morgan fingerprint density at radius 2 is 1.74 bits per heavy atom. The number of nitrogens with one attached hydrogen (secondary N) is 1. The molecule has 0 aliphatic carbocycles. The number of carbonyl (C=O) groups excluding carboxylic acids is 2. The van der Waals surface area contributed by atoms with Crippen molar-refractivity contribution in [1.29, 1.82) is 5.26 Å². The van der Waals surface area contributed by atoms with E-state index in [0.29, 0.717) is 5.75 Å². The lowest BCUT2D eigenvalue weighted by Crippen LogP contribution is -2.52. The summed E-state index contributed by atoms with van der Waals surface area (Å²) >= 11 is 0. The first-order chi connectivity index (χ1) is 12.7. The topological polar surface area (TPSA) is 88.4 Å². The molecule has 0 fully saturated rings. The van der Waals surface area contributed by atoms with E-state index in [1.54, 1.807) is 19.1 Å². The molecule has 6 nitrogen and oxygen atoms in total. The van der Waals surface area contributed by atoms with Crippen LogP contribution in [0.1, 0.15) is 38.1 Å². The van der Waals surface area contributed by atoms with Gasteiger partial charge in [-0.2, -0.15) is 5.26 Å². The first kappa shape index (κ1) is 20.2. The van der Waals surface area contributed by atoms with Crippen LogP contribution >= 0.6 is 0 Å². The molecule has 0 unspecified atom stereocenters. The molecule has 0 heterocycles. The predicted molar refractivity (Wildman–Crippen MR) is 102 cm³/mol. The van der Waals surface area contributed by atoms with E-state index >= 15 is 0 Å². The smallest absolute Gasteiger partial charge is 0.342 e. The van der Waals surface area contributed by atoms with Gasteiger partial charge >= 0.3 is 5.97 Å². The SMILES string of the molecule is COc1cc2ccccc2cc1C(=O)O[C@H](C)C(=O)N[C@@](C)(C#N)C(C)C. The van der Waals surface area contributed by atoms with Crippen LogP contribution < -0.4 is 10.1 Å². The summed E-state index contributed by atoms with van der Waals surface area (Å²) in [6.07, 6.45) is -1.06. The second-order valence-corrected chi connectivity index (χ2v) is 6.91. The zero-order chi connectivity index (χ0) is 20.2. The summed E-state index contributed by atoms with van der Waals surface area (Å²) in [7, 11) is 1.47. The Balaban J connectivity index is 2.20. The predicted octanol–water partition coefficient (Wildman–Crippen LogP) is 3.45. The van der Waals surface area contributed by atoms with E-state index in [1.807, 2.05) is 38.1 Å². The summed E-state index contributed by atoms with van der Waals surface area (Å²) in [5.74, 6) is -0.922. The summed E-state index contributed by atoms with van der Waals surface area (Å²) in [6.45, 7) is 6.77. The third kappa shape index (κ3) is 4.37. The van der Waals surface area contributed by atoms with Gasteiger partial charge in [0.1, 0.15) is 16.9 Å². The van der Waals surface area contributed by atoms with Crippen molar-refractivity contribution < 1.29 is 19.1 Å². The number of hydrogen-bond acceptors (Lipinski definition) is 5. The molecule has 0 bridgehead atoms. The summed E-state index contributed by atoms with van der Waals surface area (Å²) in [4.78, 5) is 25.0. The maximum absolute atomic E-state index is 12.6. The van der Waals surface area contributed by atoms with Crippen molar-refractivity contribution in [3.8, 4) is 11.8 Å². The third-order valence-corrected chi connectivity index (χ3v) is 4.71. The highest BCUT2D eigenvalue weighted by Gasteiger charge is 2.33. The Bertz CT molecular complexity index is 901. The van der Waals surface area contributed by atoms with E-state index in [9.17, 15) is 14.9 Å². The van der Waals surface area contributed by atoms with Crippen LogP contribution in [0.5, 0.6) is 5.75 Å². The Labute approximate surface area is 159 Å². The normalized spacial score (nSPS) is 14.1. The van der Waals surface area contributed by atoms with Crippen LogP contribution in [0.2, 0.25) is 0 Å². The highest BCUT2D eigenvalue weighted by Crippen LogP contribution is 2.27. The Hall–Kier alpha value is -3.07. The fourth-order valence-electron chi connectivity index (χ4n) is 2.48. The fraction of sp³-hybridized carbons (Fsp3) is 0.381. The van der Waals surface area contributed by atoms with Gasteiger partial charge in [0.05, 0.1) is 13.2 Å².